The summed E-state index contributed by atoms with van der Waals surface area (Å²) < 4.78 is 72.8. The van der Waals surface area contributed by atoms with Crippen LogP contribution < -0.4 is 0 Å². The van der Waals surface area contributed by atoms with Gasteiger partial charge in [-0.05, 0) is 69.4 Å². The smallest absolute Gasteiger partial charge is 0.200 e. The normalized spacial score (nSPS) is 14.8. The predicted molar refractivity (Wildman–Crippen MR) is 145 cm³/mol. The van der Waals surface area contributed by atoms with E-state index >= 15 is 8.78 Å². The fraction of sp³-hybridized carbons (Fsp3) is 0.310. The summed E-state index contributed by atoms with van der Waals surface area (Å²) >= 11 is 6.42. The number of aliphatic imine (C=N–C) groups is 2. The van der Waals surface area contributed by atoms with Crippen LogP contribution in [0.3, 0.4) is 0 Å². The van der Waals surface area contributed by atoms with Crippen LogP contribution in [-0.2, 0) is 0 Å². The number of aryl methyl sites for hydroxylation is 4. The van der Waals surface area contributed by atoms with Crippen molar-refractivity contribution in [1.29, 1.82) is 0 Å². The van der Waals surface area contributed by atoms with Gasteiger partial charge in [-0.15, -0.1) is 0 Å². The Labute approximate surface area is 229 Å². The molecule has 0 unspecified atom stereocenters. The topological polar surface area (TPSA) is 31.2 Å². The molecule has 1 saturated heterocycles. The summed E-state index contributed by atoms with van der Waals surface area (Å²) in [6.45, 7) is 10.1. The second-order valence-electron chi connectivity index (χ2n) is 9.71. The zero-order valence-electron chi connectivity index (χ0n) is 22.3. The number of hydrogen-bond donors (Lipinski definition) is 0. The van der Waals surface area contributed by atoms with Crippen LogP contribution in [0, 0.1) is 56.8 Å². The number of hydrogen-bond acceptors (Lipinski definition) is 2. The van der Waals surface area contributed by atoms with Gasteiger partial charge in [0.2, 0.25) is 5.82 Å². The molecule has 1 fully saturated rings. The van der Waals surface area contributed by atoms with Gasteiger partial charge in [-0.25, -0.2) is 31.9 Å². The van der Waals surface area contributed by atoms with E-state index in [1.54, 1.807) is 19.1 Å². The molecule has 3 aromatic carbocycles. The Bertz CT molecular complexity index is 1430. The van der Waals surface area contributed by atoms with E-state index in [9.17, 15) is 13.2 Å². The van der Waals surface area contributed by atoms with Gasteiger partial charge < -0.3 is 9.80 Å². The first kappa shape index (κ1) is 28.5. The minimum atomic E-state index is -2.23. The Balaban J connectivity index is 1.85. The van der Waals surface area contributed by atoms with Crippen LogP contribution in [0.4, 0.5) is 33.3 Å². The molecule has 0 N–H and O–H groups in total. The van der Waals surface area contributed by atoms with E-state index in [0.29, 0.717) is 24.4 Å². The zero-order valence-corrected chi connectivity index (χ0v) is 23.0. The zero-order chi connectivity index (χ0) is 28.6. The first-order chi connectivity index (χ1) is 18.4. The quantitative estimate of drug-likeness (QED) is 0.106. The molecular weight excluding hydrogens is 535 g/mol. The van der Waals surface area contributed by atoms with E-state index in [-0.39, 0.29) is 23.9 Å². The monoisotopic (exact) mass is 562 g/mol. The van der Waals surface area contributed by atoms with E-state index in [1.807, 2.05) is 50.8 Å². The maximum atomic E-state index is 15.1. The van der Waals surface area contributed by atoms with Crippen molar-refractivity contribution in [3.05, 3.63) is 92.3 Å². The van der Waals surface area contributed by atoms with E-state index < -0.39 is 40.5 Å². The molecule has 0 saturated carbocycles. The van der Waals surface area contributed by atoms with Crippen molar-refractivity contribution in [3.8, 4) is 0 Å². The van der Waals surface area contributed by atoms with Gasteiger partial charge in [0.1, 0.15) is 11.7 Å². The van der Waals surface area contributed by atoms with Gasteiger partial charge in [-0.2, -0.15) is 0 Å². The standard InChI is InChI=1S/C29H28ClF5N4/c1-15-12-18(4)28(20(30)13-15)37-29(21-22(31)24(33)26(35)25(34)23(21)32)39-11-7-10-38(14-39)19(5)36-27-16(2)8-6-9-17(27)3/h6,8-9,12-13H,7,10-11,14H2,1-5H3. The summed E-state index contributed by atoms with van der Waals surface area (Å²) in [4.78, 5) is 12.6. The van der Waals surface area contributed by atoms with Crippen LogP contribution in [0.5, 0.6) is 0 Å². The largest absolute Gasteiger partial charge is 0.342 e. The fourth-order valence-electron chi connectivity index (χ4n) is 4.69. The molecule has 1 aliphatic rings. The summed E-state index contributed by atoms with van der Waals surface area (Å²) in [7, 11) is 0. The predicted octanol–water partition coefficient (Wildman–Crippen LogP) is 8.06. The molecule has 206 valence electrons. The van der Waals surface area contributed by atoms with Gasteiger partial charge in [0.05, 0.1) is 28.6 Å². The highest BCUT2D eigenvalue weighted by molar-refractivity contribution is 6.33. The van der Waals surface area contributed by atoms with Gasteiger partial charge >= 0.3 is 0 Å². The average Bonchev–Trinajstić information content (AvgIpc) is 2.89. The molecule has 0 spiro atoms. The minimum absolute atomic E-state index is 0.0567. The Morgan fingerprint density at radius 2 is 1.31 bits per heavy atom. The minimum Gasteiger partial charge on any atom is -0.342 e. The molecule has 1 heterocycles. The Kier molecular flexibility index (Phi) is 8.30. The lowest BCUT2D eigenvalue weighted by atomic mass is 10.1. The first-order valence-corrected chi connectivity index (χ1v) is 12.8. The third kappa shape index (κ3) is 5.64. The Hall–Kier alpha value is -3.46. The highest BCUT2D eigenvalue weighted by Gasteiger charge is 2.33. The number of para-hydroxylation sites is 1. The van der Waals surface area contributed by atoms with Crippen molar-refractivity contribution in [2.45, 2.75) is 41.0 Å². The lowest BCUT2D eigenvalue weighted by molar-refractivity contribution is 0.211. The van der Waals surface area contributed by atoms with Crippen LogP contribution in [0.25, 0.3) is 0 Å². The van der Waals surface area contributed by atoms with Crippen LogP contribution in [0.15, 0.2) is 40.3 Å². The molecule has 0 aromatic heterocycles. The molecule has 0 aliphatic carbocycles. The molecule has 4 rings (SSSR count). The summed E-state index contributed by atoms with van der Waals surface area (Å²) in [6.07, 6.45) is 0.522. The lowest BCUT2D eigenvalue weighted by Crippen LogP contribution is -2.49. The Morgan fingerprint density at radius 3 is 1.90 bits per heavy atom. The van der Waals surface area contributed by atoms with Crippen molar-refractivity contribution < 1.29 is 22.0 Å². The number of benzene rings is 3. The van der Waals surface area contributed by atoms with Gasteiger partial charge in [0.15, 0.2) is 23.3 Å². The SMILES string of the molecule is CC(=Nc1c(C)cccc1C)N1CCCN(C(=Nc2c(C)cc(C)cc2Cl)c2c(F)c(F)c(F)c(F)c2F)C1. The van der Waals surface area contributed by atoms with Gasteiger partial charge in [-0.1, -0.05) is 35.9 Å². The van der Waals surface area contributed by atoms with Crippen LogP contribution in [0.1, 0.15) is 41.2 Å². The summed E-state index contributed by atoms with van der Waals surface area (Å²) in [6, 6.07) is 9.22. The number of halogens is 6. The van der Waals surface area contributed by atoms with Crippen molar-refractivity contribution in [2.24, 2.45) is 9.98 Å². The fourth-order valence-corrected chi connectivity index (χ4v) is 5.06. The number of rotatable bonds is 3. The van der Waals surface area contributed by atoms with E-state index in [0.717, 1.165) is 22.4 Å². The molecule has 1 aliphatic heterocycles. The highest BCUT2D eigenvalue weighted by Crippen LogP contribution is 2.33. The van der Waals surface area contributed by atoms with Gasteiger partial charge in [0.25, 0.3) is 0 Å². The lowest BCUT2D eigenvalue weighted by Gasteiger charge is -2.38. The first-order valence-electron chi connectivity index (χ1n) is 12.4. The molecule has 0 bridgehead atoms. The molecule has 3 aromatic rings. The van der Waals surface area contributed by atoms with E-state index in [4.69, 9.17) is 16.6 Å². The van der Waals surface area contributed by atoms with Crippen LogP contribution >= 0.6 is 11.6 Å². The van der Waals surface area contributed by atoms with Crippen molar-refractivity contribution in [1.82, 2.24) is 9.80 Å². The molecule has 0 radical (unpaired) electrons. The molecule has 0 atom stereocenters. The summed E-state index contributed by atoms with van der Waals surface area (Å²) in [5.74, 6) is -9.97. The molecule has 39 heavy (non-hydrogen) atoms. The second-order valence-corrected chi connectivity index (χ2v) is 10.1. The average molecular weight is 563 g/mol. The molecule has 10 heteroatoms. The number of amidine groups is 2. The van der Waals surface area contributed by atoms with E-state index in [2.05, 4.69) is 4.99 Å². The third-order valence-electron chi connectivity index (χ3n) is 6.72. The molecule has 0 amide bonds. The highest BCUT2D eigenvalue weighted by atomic mass is 35.5. The van der Waals surface area contributed by atoms with Crippen molar-refractivity contribution in [3.63, 3.8) is 0 Å². The maximum absolute atomic E-state index is 15.1. The second kappa shape index (κ2) is 11.3. The van der Waals surface area contributed by atoms with Crippen molar-refractivity contribution >= 4 is 34.6 Å². The van der Waals surface area contributed by atoms with Crippen molar-refractivity contribution in [2.75, 3.05) is 19.8 Å². The third-order valence-corrected chi connectivity index (χ3v) is 7.01. The Morgan fingerprint density at radius 1 is 0.744 bits per heavy atom. The summed E-state index contributed by atoms with van der Waals surface area (Å²) in [5.41, 5.74) is 3.27. The van der Waals surface area contributed by atoms with Crippen LogP contribution in [0.2, 0.25) is 5.02 Å². The maximum Gasteiger partial charge on any atom is 0.200 e. The van der Waals surface area contributed by atoms with E-state index in [1.165, 1.54) is 4.90 Å². The number of nitrogens with zero attached hydrogens (tertiary/aromatic N) is 4. The van der Waals surface area contributed by atoms with Crippen LogP contribution in [-0.4, -0.2) is 41.2 Å². The van der Waals surface area contributed by atoms with Gasteiger partial charge in [0, 0.05) is 13.1 Å². The van der Waals surface area contributed by atoms with Gasteiger partial charge in [-0.3, -0.25) is 0 Å². The summed E-state index contributed by atoms with van der Waals surface area (Å²) in [5, 5.41) is 0.190. The molecular formula is C29H28ClF5N4. The molecule has 4 nitrogen and oxygen atoms in total.